The lowest BCUT2D eigenvalue weighted by Gasteiger charge is -2.16. The summed E-state index contributed by atoms with van der Waals surface area (Å²) in [6, 6.07) is 10.1. The SMILES string of the molecule is CCCCCCCCOC(=O)/C=C/C(=O)OCCC(CCOC)c1ccccc1. The van der Waals surface area contributed by atoms with Crippen LogP contribution in [0.25, 0.3) is 0 Å². The van der Waals surface area contributed by atoms with Crippen LogP contribution >= 0.6 is 0 Å². The molecule has 162 valence electrons. The molecular weight excluding hydrogens is 368 g/mol. The fourth-order valence-corrected chi connectivity index (χ4v) is 3.05. The summed E-state index contributed by atoms with van der Waals surface area (Å²) in [4.78, 5) is 23.5. The largest absolute Gasteiger partial charge is 0.463 e. The van der Waals surface area contributed by atoms with Crippen molar-refractivity contribution in [3.05, 3.63) is 48.0 Å². The first-order chi connectivity index (χ1) is 14.2. The second-order valence-corrected chi connectivity index (χ2v) is 7.11. The summed E-state index contributed by atoms with van der Waals surface area (Å²) in [6.07, 6.45) is 10.6. The number of esters is 2. The van der Waals surface area contributed by atoms with Crippen LogP contribution in [0.15, 0.2) is 42.5 Å². The van der Waals surface area contributed by atoms with Crippen molar-refractivity contribution in [1.82, 2.24) is 0 Å². The molecule has 1 atom stereocenters. The van der Waals surface area contributed by atoms with Crippen molar-refractivity contribution in [2.75, 3.05) is 26.9 Å². The number of hydrogen-bond acceptors (Lipinski definition) is 5. The fraction of sp³-hybridized carbons (Fsp3) is 0.583. The molecule has 1 aromatic carbocycles. The highest BCUT2D eigenvalue weighted by molar-refractivity contribution is 5.91. The molecule has 0 radical (unpaired) electrons. The third-order valence-electron chi connectivity index (χ3n) is 4.75. The normalized spacial score (nSPS) is 12.1. The highest BCUT2D eigenvalue weighted by Gasteiger charge is 2.12. The Morgan fingerprint density at radius 1 is 0.828 bits per heavy atom. The van der Waals surface area contributed by atoms with Gasteiger partial charge in [0.05, 0.1) is 13.2 Å². The molecule has 0 spiro atoms. The molecule has 0 saturated heterocycles. The Morgan fingerprint density at radius 2 is 1.41 bits per heavy atom. The van der Waals surface area contributed by atoms with Gasteiger partial charge in [0, 0.05) is 25.9 Å². The molecule has 0 saturated carbocycles. The lowest BCUT2D eigenvalue weighted by atomic mass is 9.93. The van der Waals surface area contributed by atoms with E-state index in [1.807, 2.05) is 18.2 Å². The lowest BCUT2D eigenvalue weighted by molar-refractivity contribution is -0.140. The number of hydrogen-bond donors (Lipinski definition) is 0. The Kier molecular flexibility index (Phi) is 14.4. The summed E-state index contributed by atoms with van der Waals surface area (Å²) in [6.45, 7) is 3.52. The van der Waals surface area contributed by atoms with Gasteiger partial charge in [0.15, 0.2) is 0 Å². The molecule has 0 bridgehead atoms. The zero-order valence-corrected chi connectivity index (χ0v) is 17.9. The van der Waals surface area contributed by atoms with Crippen LogP contribution < -0.4 is 0 Å². The predicted molar refractivity (Wildman–Crippen MR) is 115 cm³/mol. The van der Waals surface area contributed by atoms with Crippen LogP contribution in [-0.2, 0) is 23.8 Å². The van der Waals surface area contributed by atoms with Gasteiger partial charge in [0.2, 0.25) is 0 Å². The molecule has 0 aliphatic heterocycles. The van der Waals surface area contributed by atoms with E-state index >= 15 is 0 Å². The molecule has 0 aromatic heterocycles. The molecule has 5 heteroatoms. The van der Waals surface area contributed by atoms with Crippen molar-refractivity contribution in [3.63, 3.8) is 0 Å². The summed E-state index contributed by atoms with van der Waals surface area (Å²) in [5.74, 6) is -0.770. The average molecular weight is 405 g/mol. The summed E-state index contributed by atoms with van der Waals surface area (Å²) in [7, 11) is 1.68. The van der Waals surface area contributed by atoms with E-state index in [9.17, 15) is 9.59 Å². The van der Waals surface area contributed by atoms with Crippen molar-refractivity contribution in [2.45, 2.75) is 64.2 Å². The third-order valence-corrected chi connectivity index (χ3v) is 4.75. The number of methoxy groups -OCH3 is 1. The predicted octanol–water partition coefficient (Wildman–Crippen LogP) is 5.20. The molecule has 1 aromatic rings. The molecule has 0 N–H and O–H groups in total. The molecule has 29 heavy (non-hydrogen) atoms. The van der Waals surface area contributed by atoms with Gasteiger partial charge in [0.1, 0.15) is 0 Å². The molecule has 5 nitrogen and oxygen atoms in total. The van der Waals surface area contributed by atoms with Gasteiger partial charge in [-0.15, -0.1) is 0 Å². The summed E-state index contributed by atoms with van der Waals surface area (Å²) >= 11 is 0. The van der Waals surface area contributed by atoms with Gasteiger partial charge < -0.3 is 14.2 Å². The first kappa shape index (κ1) is 24.9. The van der Waals surface area contributed by atoms with E-state index in [1.54, 1.807) is 7.11 Å². The standard InChI is InChI=1S/C24H36O5/c1-3-4-5-6-7-11-18-28-23(25)14-15-24(26)29-20-17-22(16-19-27-2)21-12-9-8-10-13-21/h8-10,12-15,22H,3-7,11,16-20H2,1-2H3/b15-14+. The van der Waals surface area contributed by atoms with Crippen LogP contribution in [0.1, 0.15) is 69.8 Å². The topological polar surface area (TPSA) is 61.8 Å². The Hall–Kier alpha value is -2.14. The fourth-order valence-electron chi connectivity index (χ4n) is 3.05. The second-order valence-electron chi connectivity index (χ2n) is 7.11. The third kappa shape index (κ3) is 12.8. The summed E-state index contributed by atoms with van der Waals surface area (Å²) < 4.78 is 15.5. The Bertz CT molecular complexity index is 582. The molecule has 0 amide bonds. The van der Waals surface area contributed by atoms with Crippen molar-refractivity contribution >= 4 is 11.9 Å². The van der Waals surface area contributed by atoms with Gasteiger partial charge >= 0.3 is 11.9 Å². The van der Waals surface area contributed by atoms with Crippen molar-refractivity contribution < 1.29 is 23.8 Å². The van der Waals surface area contributed by atoms with Crippen LogP contribution in [0.3, 0.4) is 0 Å². The summed E-state index contributed by atoms with van der Waals surface area (Å²) in [5.41, 5.74) is 1.20. The maximum absolute atomic E-state index is 11.8. The number of carbonyl (C=O) groups excluding carboxylic acids is 2. The molecule has 0 aliphatic rings. The maximum Gasteiger partial charge on any atom is 0.331 e. The Morgan fingerprint density at radius 3 is 2.07 bits per heavy atom. The van der Waals surface area contributed by atoms with E-state index in [1.165, 1.54) is 31.2 Å². The average Bonchev–Trinajstić information content (AvgIpc) is 2.74. The van der Waals surface area contributed by atoms with Gasteiger partial charge in [-0.05, 0) is 30.7 Å². The van der Waals surface area contributed by atoms with Crippen molar-refractivity contribution in [2.24, 2.45) is 0 Å². The van der Waals surface area contributed by atoms with Gasteiger partial charge in [-0.3, -0.25) is 0 Å². The van der Waals surface area contributed by atoms with E-state index in [-0.39, 0.29) is 5.92 Å². The van der Waals surface area contributed by atoms with E-state index < -0.39 is 11.9 Å². The zero-order valence-electron chi connectivity index (χ0n) is 17.9. The molecule has 0 aliphatic carbocycles. The van der Waals surface area contributed by atoms with Crippen LogP contribution in [0, 0.1) is 0 Å². The first-order valence-electron chi connectivity index (χ1n) is 10.7. The monoisotopic (exact) mass is 404 g/mol. The minimum atomic E-state index is -0.528. The maximum atomic E-state index is 11.8. The van der Waals surface area contributed by atoms with Gasteiger partial charge in [0.25, 0.3) is 0 Å². The van der Waals surface area contributed by atoms with Crippen LogP contribution in [0.4, 0.5) is 0 Å². The van der Waals surface area contributed by atoms with E-state index in [2.05, 4.69) is 19.1 Å². The number of rotatable bonds is 16. The molecule has 1 unspecified atom stereocenters. The minimum absolute atomic E-state index is 0.259. The number of unbranched alkanes of at least 4 members (excludes halogenated alkanes) is 5. The van der Waals surface area contributed by atoms with Crippen molar-refractivity contribution in [1.29, 1.82) is 0 Å². The van der Waals surface area contributed by atoms with E-state index in [0.717, 1.165) is 31.4 Å². The van der Waals surface area contributed by atoms with Gasteiger partial charge in [-0.2, -0.15) is 0 Å². The molecule has 1 rings (SSSR count). The lowest BCUT2D eigenvalue weighted by Crippen LogP contribution is -2.10. The number of benzene rings is 1. The number of carbonyl (C=O) groups is 2. The highest BCUT2D eigenvalue weighted by Crippen LogP contribution is 2.23. The second kappa shape index (κ2) is 16.8. The zero-order chi connectivity index (χ0) is 21.2. The van der Waals surface area contributed by atoms with Crippen molar-refractivity contribution in [3.8, 4) is 0 Å². The van der Waals surface area contributed by atoms with Gasteiger partial charge in [-0.25, -0.2) is 9.59 Å². The molecular formula is C24H36O5. The Balaban J connectivity index is 2.22. The minimum Gasteiger partial charge on any atom is -0.463 e. The smallest absolute Gasteiger partial charge is 0.331 e. The van der Waals surface area contributed by atoms with Crippen LogP contribution in [0.5, 0.6) is 0 Å². The van der Waals surface area contributed by atoms with E-state index in [0.29, 0.717) is 26.2 Å². The highest BCUT2D eigenvalue weighted by atomic mass is 16.5. The van der Waals surface area contributed by atoms with Crippen LogP contribution in [0.2, 0.25) is 0 Å². The van der Waals surface area contributed by atoms with Gasteiger partial charge in [-0.1, -0.05) is 69.4 Å². The number of ether oxygens (including phenoxy) is 3. The summed E-state index contributed by atoms with van der Waals surface area (Å²) in [5, 5.41) is 0. The van der Waals surface area contributed by atoms with E-state index in [4.69, 9.17) is 14.2 Å². The molecule has 0 fully saturated rings. The van der Waals surface area contributed by atoms with Crippen LogP contribution in [-0.4, -0.2) is 38.9 Å². The quantitative estimate of drug-likeness (QED) is 0.215. The Labute approximate surface area is 175 Å². The first-order valence-corrected chi connectivity index (χ1v) is 10.7. The molecule has 0 heterocycles.